The predicted molar refractivity (Wildman–Crippen MR) is 45.6 cm³/mol. The summed E-state index contributed by atoms with van der Waals surface area (Å²) in [6.45, 7) is 2.12. The van der Waals surface area contributed by atoms with Crippen molar-refractivity contribution in [2.45, 2.75) is 19.8 Å². The van der Waals surface area contributed by atoms with E-state index in [1.807, 2.05) is 12.1 Å². The Morgan fingerprint density at radius 2 is 1.73 bits per heavy atom. The molecule has 1 heteroatoms. The third kappa shape index (κ3) is 2.19. The Kier molecular flexibility index (Phi) is 2.84. The molecular weight excluding hydrogens is 136 g/mol. The van der Waals surface area contributed by atoms with E-state index in [2.05, 4.69) is 19.1 Å². The van der Waals surface area contributed by atoms with Gasteiger partial charge in [0.25, 0.3) is 0 Å². The van der Waals surface area contributed by atoms with Gasteiger partial charge in [-0.15, -0.1) is 0 Å². The molecule has 0 radical (unpaired) electrons. The van der Waals surface area contributed by atoms with Gasteiger partial charge in [-0.05, 0) is 17.5 Å². The molecule has 11 heavy (non-hydrogen) atoms. The van der Waals surface area contributed by atoms with Crippen molar-refractivity contribution in [1.29, 1.82) is 0 Å². The van der Waals surface area contributed by atoms with Gasteiger partial charge < -0.3 is 4.79 Å². The smallest absolute Gasteiger partial charge is 0.124 e. The van der Waals surface area contributed by atoms with Crippen molar-refractivity contribution in [2.75, 3.05) is 0 Å². The van der Waals surface area contributed by atoms with Gasteiger partial charge in [-0.25, -0.2) is 0 Å². The van der Waals surface area contributed by atoms with E-state index in [1.54, 1.807) is 0 Å². The van der Waals surface area contributed by atoms with Crippen molar-refractivity contribution in [2.24, 2.45) is 0 Å². The van der Waals surface area contributed by atoms with Gasteiger partial charge in [0.05, 0.1) is 0 Å². The van der Waals surface area contributed by atoms with Crippen LogP contribution in [0.3, 0.4) is 0 Å². The lowest BCUT2D eigenvalue weighted by atomic mass is 10.1. The van der Waals surface area contributed by atoms with Crippen LogP contribution in [0.4, 0.5) is 0 Å². The lowest BCUT2D eigenvalue weighted by Gasteiger charge is -1.97. The first-order chi connectivity index (χ1) is 5.36. The zero-order valence-electron chi connectivity index (χ0n) is 6.71. The Morgan fingerprint density at radius 1 is 1.18 bits per heavy atom. The van der Waals surface area contributed by atoms with Crippen molar-refractivity contribution >= 4 is 6.29 Å². The molecule has 0 heterocycles. The minimum Gasteiger partial charge on any atom is -0.303 e. The quantitative estimate of drug-likeness (QED) is 0.599. The topological polar surface area (TPSA) is 17.1 Å². The van der Waals surface area contributed by atoms with Gasteiger partial charge in [0.1, 0.15) is 6.29 Å². The molecule has 0 bridgehead atoms. The molecule has 0 atom stereocenters. The molecule has 0 spiro atoms. The second kappa shape index (κ2) is 3.91. The average Bonchev–Trinajstić information content (AvgIpc) is 2.07. The maximum atomic E-state index is 10.1. The van der Waals surface area contributed by atoms with E-state index in [0.29, 0.717) is 6.42 Å². The number of aryl methyl sites for hydroxylation is 1. The summed E-state index contributed by atoms with van der Waals surface area (Å²) in [4.78, 5) is 10.1. The highest BCUT2D eigenvalue weighted by atomic mass is 16.1. The van der Waals surface area contributed by atoms with Gasteiger partial charge >= 0.3 is 0 Å². The Labute approximate surface area is 67.1 Å². The van der Waals surface area contributed by atoms with E-state index in [4.69, 9.17) is 0 Å². The summed E-state index contributed by atoms with van der Waals surface area (Å²) in [6, 6.07) is 8.15. The summed E-state index contributed by atoms with van der Waals surface area (Å²) in [5.41, 5.74) is 2.41. The molecule has 0 fully saturated rings. The maximum Gasteiger partial charge on any atom is 0.124 e. The summed E-state index contributed by atoms with van der Waals surface area (Å²) in [5, 5.41) is 0. The molecule has 0 amide bonds. The van der Waals surface area contributed by atoms with Crippen LogP contribution in [0.2, 0.25) is 0 Å². The summed E-state index contributed by atoms with van der Waals surface area (Å²) >= 11 is 0. The van der Waals surface area contributed by atoms with Crippen molar-refractivity contribution in [1.82, 2.24) is 0 Å². The minimum atomic E-state index is 0.532. The Bertz CT molecular complexity index is 223. The number of aldehydes is 1. The van der Waals surface area contributed by atoms with Crippen LogP contribution in [0.5, 0.6) is 0 Å². The summed E-state index contributed by atoms with van der Waals surface area (Å²) < 4.78 is 0. The molecule has 0 saturated carbocycles. The molecule has 1 aromatic carbocycles. The number of rotatable bonds is 3. The first-order valence-corrected chi connectivity index (χ1v) is 3.88. The zero-order valence-corrected chi connectivity index (χ0v) is 6.71. The Balaban J connectivity index is 2.74. The molecule has 0 aromatic heterocycles. The number of hydrogen-bond donors (Lipinski definition) is 0. The van der Waals surface area contributed by atoms with Crippen LogP contribution in [-0.4, -0.2) is 6.29 Å². The molecule has 1 rings (SSSR count). The second-order valence-corrected chi connectivity index (χ2v) is 2.54. The highest BCUT2D eigenvalue weighted by molar-refractivity contribution is 5.54. The highest BCUT2D eigenvalue weighted by Gasteiger charge is 1.90. The van der Waals surface area contributed by atoms with Crippen molar-refractivity contribution in [3.63, 3.8) is 0 Å². The Morgan fingerprint density at radius 3 is 2.18 bits per heavy atom. The summed E-state index contributed by atoms with van der Waals surface area (Å²) in [5.74, 6) is 0. The summed E-state index contributed by atoms with van der Waals surface area (Å²) in [7, 11) is 0. The molecular formula is C10H12O. The molecule has 0 N–H and O–H groups in total. The van der Waals surface area contributed by atoms with Gasteiger partial charge in [-0.3, -0.25) is 0 Å². The van der Waals surface area contributed by atoms with Crippen LogP contribution in [0.1, 0.15) is 18.1 Å². The molecule has 58 valence electrons. The van der Waals surface area contributed by atoms with E-state index in [1.165, 1.54) is 5.56 Å². The SMILES string of the molecule is CCc1ccc(CC=O)cc1. The fraction of sp³-hybridized carbons (Fsp3) is 0.300. The van der Waals surface area contributed by atoms with E-state index in [9.17, 15) is 4.79 Å². The van der Waals surface area contributed by atoms with E-state index in [-0.39, 0.29) is 0 Å². The third-order valence-electron chi connectivity index (χ3n) is 1.75. The van der Waals surface area contributed by atoms with E-state index in [0.717, 1.165) is 18.3 Å². The lowest BCUT2D eigenvalue weighted by molar-refractivity contribution is -0.107. The number of hydrogen-bond acceptors (Lipinski definition) is 1. The lowest BCUT2D eigenvalue weighted by Crippen LogP contribution is -1.86. The number of carbonyl (C=O) groups excluding carboxylic acids is 1. The fourth-order valence-electron chi connectivity index (χ4n) is 1.01. The predicted octanol–water partition coefficient (Wildman–Crippen LogP) is 1.99. The molecule has 0 unspecified atom stereocenters. The minimum absolute atomic E-state index is 0.532. The first-order valence-electron chi connectivity index (χ1n) is 3.88. The van der Waals surface area contributed by atoms with E-state index < -0.39 is 0 Å². The monoisotopic (exact) mass is 148 g/mol. The standard InChI is InChI=1S/C10H12O/c1-2-9-3-5-10(6-4-9)7-8-11/h3-6,8H,2,7H2,1H3. The van der Waals surface area contributed by atoms with Crippen LogP contribution in [0.25, 0.3) is 0 Å². The van der Waals surface area contributed by atoms with Crippen LogP contribution in [0.15, 0.2) is 24.3 Å². The van der Waals surface area contributed by atoms with Crippen LogP contribution >= 0.6 is 0 Å². The maximum absolute atomic E-state index is 10.1. The molecule has 1 aromatic rings. The number of benzene rings is 1. The largest absolute Gasteiger partial charge is 0.303 e. The van der Waals surface area contributed by atoms with E-state index >= 15 is 0 Å². The van der Waals surface area contributed by atoms with Crippen molar-refractivity contribution in [3.8, 4) is 0 Å². The Hall–Kier alpha value is -1.11. The van der Waals surface area contributed by atoms with Gasteiger partial charge in [-0.1, -0.05) is 31.2 Å². The van der Waals surface area contributed by atoms with Gasteiger partial charge in [0, 0.05) is 6.42 Å². The van der Waals surface area contributed by atoms with Crippen molar-refractivity contribution in [3.05, 3.63) is 35.4 Å². The first kappa shape index (κ1) is 7.99. The molecule has 1 nitrogen and oxygen atoms in total. The normalized spacial score (nSPS) is 9.55. The molecule has 0 saturated heterocycles. The van der Waals surface area contributed by atoms with Crippen LogP contribution in [0, 0.1) is 0 Å². The van der Waals surface area contributed by atoms with Gasteiger partial charge in [-0.2, -0.15) is 0 Å². The summed E-state index contributed by atoms with van der Waals surface area (Å²) in [6.07, 6.45) is 2.52. The zero-order chi connectivity index (χ0) is 8.10. The van der Waals surface area contributed by atoms with Crippen molar-refractivity contribution < 1.29 is 4.79 Å². The molecule has 0 aliphatic carbocycles. The van der Waals surface area contributed by atoms with Gasteiger partial charge in [0.2, 0.25) is 0 Å². The van der Waals surface area contributed by atoms with Crippen LogP contribution in [-0.2, 0) is 17.6 Å². The third-order valence-corrected chi connectivity index (χ3v) is 1.75. The fourth-order valence-corrected chi connectivity index (χ4v) is 1.01. The highest BCUT2D eigenvalue weighted by Crippen LogP contribution is 2.04. The second-order valence-electron chi connectivity index (χ2n) is 2.54. The average molecular weight is 148 g/mol. The number of carbonyl (C=O) groups is 1. The molecule has 0 aliphatic heterocycles. The van der Waals surface area contributed by atoms with Crippen LogP contribution < -0.4 is 0 Å². The molecule has 0 aliphatic rings. The van der Waals surface area contributed by atoms with Gasteiger partial charge in [0.15, 0.2) is 0 Å².